The third-order valence-electron chi connectivity index (χ3n) is 5.79. The SMILES string of the molecule is CCOc1ccc(-n2c(SCC(=O)Nc3ccc(OCc4ccccc4)cc3)nnc2-c2ccccc2)cc1. The molecule has 0 fully saturated rings. The first-order chi connectivity index (χ1) is 19.2. The monoisotopic (exact) mass is 536 g/mol. The Morgan fingerprint density at radius 1 is 0.795 bits per heavy atom. The number of aromatic nitrogens is 3. The molecule has 4 aromatic carbocycles. The quantitative estimate of drug-likeness (QED) is 0.191. The number of ether oxygens (including phenoxy) is 2. The number of nitrogens with one attached hydrogen (secondary N) is 1. The number of thioether (sulfide) groups is 1. The highest BCUT2D eigenvalue weighted by Gasteiger charge is 2.17. The van der Waals surface area contributed by atoms with Crippen molar-refractivity contribution in [3.63, 3.8) is 0 Å². The van der Waals surface area contributed by atoms with Crippen LogP contribution < -0.4 is 14.8 Å². The molecule has 8 heteroatoms. The molecule has 0 aliphatic carbocycles. The topological polar surface area (TPSA) is 78.3 Å². The number of anilines is 1. The van der Waals surface area contributed by atoms with Gasteiger partial charge in [-0.2, -0.15) is 0 Å². The smallest absolute Gasteiger partial charge is 0.234 e. The van der Waals surface area contributed by atoms with Gasteiger partial charge in [0.25, 0.3) is 0 Å². The average molecular weight is 537 g/mol. The fraction of sp³-hybridized carbons (Fsp3) is 0.129. The first-order valence-corrected chi connectivity index (χ1v) is 13.6. The van der Waals surface area contributed by atoms with Crippen LogP contribution in [0.5, 0.6) is 11.5 Å². The molecule has 0 aliphatic heterocycles. The van der Waals surface area contributed by atoms with Gasteiger partial charge in [-0.3, -0.25) is 9.36 Å². The Morgan fingerprint density at radius 2 is 1.44 bits per heavy atom. The third kappa shape index (κ3) is 6.86. The summed E-state index contributed by atoms with van der Waals surface area (Å²) in [5.74, 6) is 2.27. The largest absolute Gasteiger partial charge is 0.494 e. The second kappa shape index (κ2) is 12.8. The summed E-state index contributed by atoms with van der Waals surface area (Å²) in [5.41, 5.74) is 3.62. The van der Waals surface area contributed by atoms with Crippen LogP contribution >= 0.6 is 11.8 Å². The number of amides is 1. The van der Waals surface area contributed by atoms with E-state index in [-0.39, 0.29) is 11.7 Å². The lowest BCUT2D eigenvalue weighted by Gasteiger charge is -2.12. The maximum absolute atomic E-state index is 12.8. The van der Waals surface area contributed by atoms with E-state index < -0.39 is 0 Å². The standard InChI is InChI=1S/C31H28N4O3S/c1-2-37-27-19-15-26(16-20-27)35-30(24-11-7-4-8-12-24)33-34-31(35)39-22-29(36)32-25-13-17-28(18-14-25)38-21-23-9-5-3-6-10-23/h3-20H,2,21-22H2,1H3,(H,32,36). The van der Waals surface area contributed by atoms with Gasteiger partial charge < -0.3 is 14.8 Å². The van der Waals surface area contributed by atoms with Crippen molar-refractivity contribution in [2.24, 2.45) is 0 Å². The van der Waals surface area contributed by atoms with E-state index in [1.807, 2.05) is 121 Å². The maximum atomic E-state index is 12.8. The van der Waals surface area contributed by atoms with Crippen LogP contribution in [0.2, 0.25) is 0 Å². The molecule has 0 aliphatic rings. The summed E-state index contributed by atoms with van der Waals surface area (Å²) in [6.45, 7) is 3.04. The van der Waals surface area contributed by atoms with E-state index in [0.29, 0.717) is 29.9 Å². The summed E-state index contributed by atoms with van der Waals surface area (Å²) < 4.78 is 13.4. The van der Waals surface area contributed by atoms with Crippen molar-refractivity contribution in [1.29, 1.82) is 0 Å². The molecule has 0 radical (unpaired) electrons. The van der Waals surface area contributed by atoms with E-state index in [9.17, 15) is 4.79 Å². The minimum absolute atomic E-state index is 0.138. The fourth-order valence-corrected chi connectivity index (χ4v) is 4.68. The molecule has 0 saturated carbocycles. The van der Waals surface area contributed by atoms with Gasteiger partial charge >= 0.3 is 0 Å². The average Bonchev–Trinajstić information content (AvgIpc) is 3.41. The molecule has 1 aromatic heterocycles. The molecule has 0 unspecified atom stereocenters. The molecule has 1 heterocycles. The highest BCUT2D eigenvalue weighted by Crippen LogP contribution is 2.29. The number of carbonyl (C=O) groups is 1. The molecule has 5 rings (SSSR count). The van der Waals surface area contributed by atoms with Crippen molar-refractivity contribution in [3.8, 4) is 28.6 Å². The molecule has 0 bridgehead atoms. The Hall–Kier alpha value is -4.56. The van der Waals surface area contributed by atoms with E-state index in [2.05, 4.69) is 15.5 Å². The second-order valence-corrected chi connectivity index (χ2v) is 9.51. The van der Waals surface area contributed by atoms with Crippen molar-refractivity contribution in [1.82, 2.24) is 14.8 Å². The Bertz CT molecular complexity index is 1490. The van der Waals surface area contributed by atoms with E-state index in [1.165, 1.54) is 11.8 Å². The molecule has 196 valence electrons. The van der Waals surface area contributed by atoms with Crippen LogP contribution in [0.4, 0.5) is 5.69 Å². The second-order valence-electron chi connectivity index (χ2n) is 8.57. The van der Waals surface area contributed by atoms with Crippen LogP contribution in [0.1, 0.15) is 12.5 Å². The van der Waals surface area contributed by atoms with Crippen LogP contribution in [-0.4, -0.2) is 33.0 Å². The highest BCUT2D eigenvalue weighted by atomic mass is 32.2. The van der Waals surface area contributed by atoms with Crippen LogP contribution in [-0.2, 0) is 11.4 Å². The van der Waals surface area contributed by atoms with Crippen LogP contribution in [0, 0.1) is 0 Å². The molecule has 1 amide bonds. The predicted molar refractivity (Wildman–Crippen MR) is 155 cm³/mol. The normalized spacial score (nSPS) is 10.7. The Morgan fingerprint density at radius 3 is 2.13 bits per heavy atom. The number of hydrogen-bond acceptors (Lipinski definition) is 6. The van der Waals surface area contributed by atoms with Gasteiger partial charge in [0.1, 0.15) is 18.1 Å². The molecule has 1 N–H and O–H groups in total. The van der Waals surface area contributed by atoms with Crippen LogP contribution in [0.3, 0.4) is 0 Å². The van der Waals surface area contributed by atoms with Crippen LogP contribution in [0.15, 0.2) is 114 Å². The third-order valence-corrected chi connectivity index (χ3v) is 6.72. The zero-order valence-corrected chi connectivity index (χ0v) is 22.3. The van der Waals surface area contributed by atoms with Crippen LogP contribution in [0.25, 0.3) is 17.1 Å². The van der Waals surface area contributed by atoms with Gasteiger partial charge in [0, 0.05) is 16.9 Å². The van der Waals surface area contributed by atoms with Gasteiger partial charge in [-0.05, 0) is 61.0 Å². The first-order valence-electron chi connectivity index (χ1n) is 12.6. The summed E-state index contributed by atoms with van der Waals surface area (Å²) in [6.07, 6.45) is 0. The maximum Gasteiger partial charge on any atom is 0.234 e. The van der Waals surface area contributed by atoms with Gasteiger partial charge in [0.05, 0.1) is 12.4 Å². The van der Waals surface area contributed by atoms with Gasteiger partial charge in [-0.25, -0.2) is 0 Å². The van der Waals surface area contributed by atoms with Crippen molar-refractivity contribution in [2.75, 3.05) is 17.7 Å². The minimum Gasteiger partial charge on any atom is -0.494 e. The number of rotatable bonds is 11. The summed E-state index contributed by atoms with van der Waals surface area (Å²) in [6, 6.07) is 35.0. The summed E-state index contributed by atoms with van der Waals surface area (Å²) in [4.78, 5) is 12.8. The fourth-order valence-electron chi connectivity index (χ4n) is 3.93. The van der Waals surface area contributed by atoms with Gasteiger partial charge in [-0.15, -0.1) is 10.2 Å². The highest BCUT2D eigenvalue weighted by molar-refractivity contribution is 7.99. The summed E-state index contributed by atoms with van der Waals surface area (Å²) >= 11 is 1.33. The zero-order valence-electron chi connectivity index (χ0n) is 21.5. The van der Waals surface area contributed by atoms with Crippen molar-refractivity contribution >= 4 is 23.4 Å². The zero-order chi connectivity index (χ0) is 26.9. The van der Waals surface area contributed by atoms with Gasteiger partial charge in [0.15, 0.2) is 11.0 Å². The van der Waals surface area contributed by atoms with E-state index >= 15 is 0 Å². The van der Waals surface area contributed by atoms with Crippen molar-refractivity contribution in [2.45, 2.75) is 18.7 Å². The van der Waals surface area contributed by atoms with E-state index in [1.54, 1.807) is 0 Å². The number of nitrogens with zero attached hydrogens (tertiary/aromatic N) is 3. The molecule has 7 nitrogen and oxygen atoms in total. The number of carbonyl (C=O) groups excluding carboxylic acids is 1. The molecule has 0 atom stereocenters. The van der Waals surface area contributed by atoms with Crippen molar-refractivity contribution in [3.05, 3.63) is 115 Å². The van der Waals surface area contributed by atoms with Crippen molar-refractivity contribution < 1.29 is 14.3 Å². The molecule has 0 saturated heterocycles. The molecule has 0 spiro atoms. The molecular formula is C31H28N4O3S. The molecule has 39 heavy (non-hydrogen) atoms. The predicted octanol–water partition coefficient (Wildman–Crippen LogP) is 6.64. The number of hydrogen-bond donors (Lipinski definition) is 1. The molecular weight excluding hydrogens is 508 g/mol. The Labute approximate surface area is 231 Å². The van der Waals surface area contributed by atoms with Gasteiger partial charge in [0.2, 0.25) is 5.91 Å². The summed E-state index contributed by atoms with van der Waals surface area (Å²) in [7, 11) is 0. The molecule has 5 aromatic rings. The Balaban J connectivity index is 1.25. The first kappa shape index (κ1) is 26.1. The van der Waals surface area contributed by atoms with E-state index in [0.717, 1.165) is 28.3 Å². The lowest BCUT2D eigenvalue weighted by atomic mass is 10.2. The number of benzene rings is 4. The summed E-state index contributed by atoms with van der Waals surface area (Å²) in [5, 5.41) is 12.4. The van der Waals surface area contributed by atoms with E-state index in [4.69, 9.17) is 9.47 Å². The minimum atomic E-state index is -0.138. The van der Waals surface area contributed by atoms with Gasteiger partial charge in [-0.1, -0.05) is 72.4 Å². The lowest BCUT2D eigenvalue weighted by Crippen LogP contribution is -2.14. The Kier molecular flexibility index (Phi) is 8.55. The lowest BCUT2D eigenvalue weighted by molar-refractivity contribution is -0.113.